The number of nitrogens with one attached hydrogen (secondary N) is 1. The molecule has 9 heteroatoms. The number of ether oxygens (including phenoxy) is 1. The zero-order valence-electron chi connectivity index (χ0n) is 14.3. The highest BCUT2D eigenvalue weighted by atomic mass is 35.5. The van der Waals surface area contributed by atoms with E-state index in [0.29, 0.717) is 6.54 Å². The van der Waals surface area contributed by atoms with Gasteiger partial charge in [0.2, 0.25) is 5.91 Å². The molecule has 0 heterocycles. The van der Waals surface area contributed by atoms with Crippen molar-refractivity contribution in [2.24, 2.45) is 5.92 Å². The molecule has 0 fully saturated rings. The number of hydrogen-bond donors (Lipinski definition) is 2. The highest BCUT2D eigenvalue weighted by molar-refractivity contribution is 5.85. The number of hydrogen-bond acceptors (Lipinski definition) is 4. The third kappa shape index (κ3) is 7.94. The summed E-state index contributed by atoms with van der Waals surface area (Å²) in [4.78, 5) is 13.4. The van der Waals surface area contributed by atoms with Gasteiger partial charge in [-0.15, -0.1) is 12.4 Å². The smallest absolute Gasteiger partial charge is 0.416 e. The standard InChI is InChI=1S/C16H23F3N2O3.ClH/c1-11(8-20-2)15(23)21(3)9-13(22)10-24-14-6-4-12(5-7-14)16(17,18)19;/h4-7,11,13,20,22H,8-10H2,1-3H3;1H. The van der Waals surface area contributed by atoms with Gasteiger partial charge in [-0.05, 0) is 31.3 Å². The molecule has 144 valence electrons. The van der Waals surface area contributed by atoms with E-state index in [4.69, 9.17) is 4.74 Å². The van der Waals surface area contributed by atoms with Crippen molar-refractivity contribution in [1.82, 2.24) is 10.2 Å². The molecule has 0 aliphatic heterocycles. The van der Waals surface area contributed by atoms with Crippen LogP contribution in [0.4, 0.5) is 13.2 Å². The minimum absolute atomic E-state index is 0. The fourth-order valence-electron chi connectivity index (χ4n) is 2.16. The lowest BCUT2D eigenvalue weighted by atomic mass is 10.1. The predicted octanol–water partition coefficient (Wildman–Crippen LogP) is 2.18. The van der Waals surface area contributed by atoms with Gasteiger partial charge in [0.25, 0.3) is 0 Å². The Morgan fingerprint density at radius 2 is 1.88 bits per heavy atom. The van der Waals surface area contributed by atoms with Crippen LogP contribution in [0, 0.1) is 5.92 Å². The van der Waals surface area contributed by atoms with Crippen LogP contribution in [-0.2, 0) is 11.0 Å². The molecule has 5 nitrogen and oxygen atoms in total. The van der Waals surface area contributed by atoms with Gasteiger partial charge in [-0.2, -0.15) is 13.2 Å². The minimum atomic E-state index is -4.40. The van der Waals surface area contributed by atoms with Crippen LogP contribution in [0.2, 0.25) is 0 Å². The summed E-state index contributed by atoms with van der Waals surface area (Å²) >= 11 is 0. The number of carbonyl (C=O) groups excluding carboxylic acids is 1. The third-order valence-electron chi connectivity index (χ3n) is 3.42. The van der Waals surface area contributed by atoms with Crippen LogP contribution in [0.1, 0.15) is 12.5 Å². The SMILES string of the molecule is CNCC(C)C(=O)N(C)CC(O)COc1ccc(C(F)(F)F)cc1.Cl. The van der Waals surface area contributed by atoms with Gasteiger partial charge >= 0.3 is 6.18 Å². The van der Waals surface area contributed by atoms with Gasteiger partial charge in [-0.25, -0.2) is 0 Å². The average molecular weight is 385 g/mol. The molecule has 1 rings (SSSR count). The summed E-state index contributed by atoms with van der Waals surface area (Å²) in [6.07, 6.45) is -5.34. The molecule has 1 aromatic rings. The highest BCUT2D eigenvalue weighted by Crippen LogP contribution is 2.30. The summed E-state index contributed by atoms with van der Waals surface area (Å²) in [6.45, 7) is 2.26. The number of amides is 1. The van der Waals surface area contributed by atoms with E-state index in [-0.39, 0.29) is 43.1 Å². The number of aliphatic hydroxyl groups is 1. The van der Waals surface area contributed by atoms with Gasteiger partial charge in [-0.1, -0.05) is 6.92 Å². The largest absolute Gasteiger partial charge is 0.491 e. The molecule has 0 saturated heterocycles. The third-order valence-corrected chi connectivity index (χ3v) is 3.42. The summed E-state index contributed by atoms with van der Waals surface area (Å²) in [5.41, 5.74) is -0.765. The maximum atomic E-state index is 12.5. The second-order valence-electron chi connectivity index (χ2n) is 5.66. The zero-order valence-corrected chi connectivity index (χ0v) is 15.2. The summed E-state index contributed by atoms with van der Waals surface area (Å²) < 4.78 is 42.6. The fraction of sp³-hybridized carbons (Fsp3) is 0.562. The molecule has 0 spiro atoms. The van der Waals surface area contributed by atoms with E-state index in [1.807, 2.05) is 0 Å². The van der Waals surface area contributed by atoms with Crippen molar-refractivity contribution in [3.8, 4) is 5.75 Å². The first-order valence-electron chi connectivity index (χ1n) is 7.52. The zero-order chi connectivity index (χ0) is 18.3. The van der Waals surface area contributed by atoms with Crippen LogP contribution in [0.15, 0.2) is 24.3 Å². The first-order valence-corrected chi connectivity index (χ1v) is 7.52. The Bertz CT molecular complexity index is 526. The van der Waals surface area contributed by atoms with Crippen LogP contribution in [-0.4, -0.2) is 55.8 Å². The number of carbonyl (C=O) groups is 1. The summed E-state index contributed by atoms with van der Waals surface area (Å²) in [5.74, 6) is -0.111. The van der Waals surface area contributed by atoms with E-state index in [0.717, 1.165) is 12.1 Å². The molecule has 2 unspecified atom stereocenters. The second kappa shape index (κ2) is 10.5. The van der Waals surface area contributed by atoms with Crippen LogP contribution in [0.25, 0.3) is 0 Å². The van der Waals surface area contributed by atoms with Crippen LogP contribution in [0.5, 0.6) is 5.75 Å². The Hall–Kier alpha value is -1.51. The molecular formula is C16H24ClF3N2O3. The van der Waals surface area contributed by atoms with Crippen molar-refractivity contribution in [1.29, 1.82) is 0 Å². The topological polar surface area (TPSA) is 61.8 Å². The molecule has 0 bridgehead atoms. The molecule has 25 heavy (non-hydrogen) atoms. The quantitative estimate of drug-likeness (QED) is 0.721. The molecule has 1 amide bonds. The van der Waals surface area contributed by atoms with Crippen molar-refractivity contribution < 1.29 is 27.8 Å². The first-order chi connectivity index (χ1) is 11.1. The highest BCUT2D eigenvalue weighted by Gasteiger charge is 2.30. The predicted molar refractivity (Wildman–Crippen MR) is 90.9 cm³/mol. The van der Waals surface area contributed by atoms with E-state index >= 15 is 0 Å². The van der Waals surface area contributed by atoms with Crippen molar-refractivity contribution in [2.75, 3.05) is 33.8 Å². The molecule has 2 N–H and O–H groups in total. The van der Waals surface area contributed by atoms with Crippen molar-refractivity contribution in [2.45, 2.75) is 19.2 Å². The number of nitrogens with zero attached hydrogens (tertiary/aromatic N) is 1. The van der Waals surface area contributed by atoms with Gasteiger partial charge in [0.15, 0.2) is 0 Å². The average Bonchev–Trinajstić information content (AvgIpc) is 2.51. The Balaban J connectivity index is 0.00000576. The van der Waals surface area contributed by atoms with Gasteiger partial charge in [0.05, 0.1) is 5.56 Å². The van der Waals surface area contributed by atoms with Gasteiger partial charge in [0, 0.05) is 26.1 Å². The lowest BCUT2D eigenvalue weighted by Crippen LogP contribution is -2.41. The Morgan fingerprint density at radius 3 is 2.36 bits per heavy atom. The number of benzene rings is 1. The molecule has 1 aromatic carbocycles. The Labute approximate surface area is 151 Å². The van der Waals surface area contributed by atoms with E-state index in [2.05, 4.69) is 5.32 Å². The molecular weight excluding hydrogens is 361 g/mol. The molecule has 2 atom stereocenters. The number of alkyl halides is 3. The molecule has 0 aliphatic rings. The number of likely N-dealkylation sites (N-methyl/N-ethyl adjacent to an activating group) is 1. The van der Waals surface area contributed by atoms with Gasteiger partial charge in [0.1, 0.15) is 18.5 Å². The maximum Gasteiger partial charge on any atom is 0.416 e. The molecule has 0 aliphatic carbocycles. The van der Waals surface area contributed by atoms with E-state index < -0.39 is 17.8 Å². The number of aliphatic hydroxyl groups excluding tert-OH is 1. The van der Waals surface area contributed by atoms with Crippen molar-refractivity contribution >= 4 is 18.3 Å². The second-order valence-corrected chi connectivity index (χ2v) is 5.66. The van der Waals surface area contributed by atoms with Crippen molar-refractivity contribution in [3.05, 3.63) is 29.8 Å². The van der Waals surface area contributed by atoms with Crippen LogP contribution >= 0.6 is 12.4 Å². The summed E-state index contributed by atoms with van der Waals surface area (Å²) in [6, 6.07) is 4.21. The van der Waals surface area contributed by atoms with Crippen LogP contribution < -0.4 is 10.1 Å². The summed E-state index contributed by atoms with van der Waals surface area (Å²) in [5, 5.41) is 12.8. The molecule has 0 saturated carbocycles. The lowest BCUT2D eigenvalue weighted by Gasteiger charge is -2.24. The van der Waals surface area contributed by atoms with E-state index in [9.17, 15) is 23.1 Å². The summed E-state index contributed by atoms with van der Waals surface area (Å²) in [7, 11) is 3.33. The number of halogens is 4. The fourth-order valence-corrected chi connectivity index (χ4v) is 2.16. The van der Waals surface area contributed by atoms with Crippen LogP contribution in [0.3, 0.4) is 0 Å². The lowest BCUT2D eigenvalue weighted by molar-refractivity contribution is -0.137. The molecule has 0 radical (unpaired) electrons. The number of rotatable bonds is 8. The monoisotopic (exact) mass is 384 g/mol. The maximum absolute atomic E-state index is 12.5. The first kappa shape index (κ1) is 23.5. The Kier molecular flexibility index (Phi) is 9.84. The minimum Gasteiger partial charge on any atom is -0.491 e. The van der Waals surface area contributed by atoms with Crippen molar-refractivity contribution in [3.63, 3.8) is 0 Å². The Morgan fingerprint density at radius 1 is 1.32 bits per heavy atom. The normalized spacial score (nSPS) is 13.6. The van der Waals surface area contributed by atoms with Gasteiger partial charge < -0.3 is 20.1 Å². The molecule has 0 aromatic heterocycles. The van der Waals surface area contributed by atoms with Gasteiger partial charge in [-0.3, -0.25) is 4.79 Å². The van der Waals surface area contributed by atoms with E-state index in [1.165, 1.54) is 17.0 Å². The van der Waals surface area contributed by atoms with E-state index in [1.54, 1.807) is 21.0 Å².